The Kier molecular flexibility index (Phi) is 2.95. The topological polar surface area (TPSA) is 20.9 Å². The maximum atomic E-state index is 11.9. The van der Waals surface area contributed by atoms with E-state index in [0.29, 0.717) is 6.54 Å². The first kappa shape index (κ1) is 10.1. The average molecular weight is 202 g/mol. The lowest BCUT2D eigenvalue weighted by molar-refractivity contribution is -0.690. The molecule has 0 bridgehead atoms. The summed E-state index contributed by atoms with van der Waals surface area (Å²) in [6.45, 7) is 2.51. The number of hydrogen-bond donors (Lipinski definition) is 0. The molecule has 0 saturated carbocycles. The first-order chi connectivity index (χ1) is 7.27. The van der Waals surface area contributed by atoms with Crippen molar-refractivity contribution in [1.82, 2.24) is 0 Å². The van der Waals surface area contributed by atoms with Gasteiger partial charge in [0, 0.05) is 19.1 Å². The van der Waals surface area contributed by atoms with Crippen molar-refractivity contribution in [2.24, 2.45) is 0 Å². The third-order valence-electron chi connectivity index (χ3n) is 2.88. The molecule has 0 radical (unpaired) electrons. The van der Waals surface area contributed by atoms with Gasteiger partial charge in [0.1, 0.15) is 0 Å². The maximum Gasteiger partial charge on any atom is 0.223 e. The maximum absolute atomic E-state index is 11.9. The standard InChI is InChI=1S/C13H16NO/c1-11-6-4-5-9-14(11)10-13(15)12-7-2-3-8-12/h4-7,9H,2-3,8,10H2,1H3/q+1. The third-order valence-corrected chi connectivity index (χ3v) is 2.88. The van der Waals surface area contributed by atoms with Crippen LogP contribution in [0.2, 0.25) is 0 Å². The number of allylic oxidation sites excluding steroid dienone is 2. The van der Waals surface area contributed by atoms with Crippen LogP contribution in [0.25, 0.3) is 0 Å². The van der Waals surface area contributed by atoms with Crippen LogP contribution < -0.4 is 4.57 Å². The molecule has 1 aliphatic rings. The summed E-state index contributed by atoms with van der Waals surface area (Å²) in [5.74, 6) is 0.270. The van der Waals surface area contributed by atoms with Gasteiger partial charge in [0.25, 0.3) is 0 Å². The van der Waals surface area contributed by atoms with Crippen molar-refractivity contribution in [2.75, 3.05) is 0 Å². The number of rotatable bonds is 3. The number of ketones is 1. The van der Waals surface area contributed by atoms with Crippen LogP contribution in [0.4, 0.5) is 0 Å². The molecule has 2 nitrogen and oxygen atoms in total. The summed E-state index contributed by atoms with van der Waals surface area (Å²) in [7, 11) is 0. The average Bonchev–Trinajstić information content (AvgIpc) is 2.74. The first-order valence-corrected chi connectivity index (χ1v) is 5.44. The molecule has 0 saturated heterocycles. The molecule has 1 aliphatic carbocycles. The lowest BCUT2D eigenvalue weighted by Crippen LogP contribution is -2.40. The van der Waals surface area contributed by atoms with Crippen LogP contribution in [0.15, 0.2) is 36.0 Å². The zero-order valence-corrected chi connectivity index (χ0v) is 9.07. The van der Waals surface area contributed by atoms with Gasteiger partial charge in [-0.2, -0.15) is 4.57 Å². The SMILES string of the molecule is Cc1cccc[n+]1CC(=O)C1=CCCC1. The predicted molar refractivity (Wildman–Crippen MR) is 58.3 cm³/mol. The van der Waals surface area contributed by atoms with E-state index in [0.717, 1.165) is 30.5 Å². The van der Waals surface area contributed by atoms with Crippen LogP contribution in [0, 0.1) is 6.92 Å². The molecule has 0 unspecified atom stereocenters. The van der Waals surface area contributed by atoms with Gasteiger partial charge in [0.2, 0.25) is 12.3 Å². The number of Topliss-reactive ketones (excluding diaryl/α,β-unsaturated/α-hetero) is 1. The Balaban J connectivity index is 2.09. The summed E-state index contributed by atoms with van der Waals surface area (Å²) in [4.78, 5) is 11.9. The van der Waals surface area contributed by atoms with E-state index in [-0.39, 0.29) is 5.78 Å². The van der Waals surface area contributed by atoms with Crippen molar-refractivity contribution in [3.8, 4) is 0 Å². The van der Waals surface area contributed by atoms with Gasteiger partial charge < -0.3 is 0 Å². The Morgan fingerprint density at radius 2 is 2.33 bits per heavy atom. The molecule has 1 aromatic rings. The smallest absolute Gasteiger partial charge is 0.223 e. The van der Waals surface area contributed by atoms with Gasteiger partial charge in [-0.15, -0.1) is 0 Å². The molecular weight excluding hydrogens is 186 g/mol. The number of aromatic nitrogens is 1. The molecule has 0 spiro atoms. The van der Waals surface area contributed by atoms with Crippen molar-refractivity contribution < 1.29 is 9.36 Å². The minimum atomic E-state index is 0.270. The van der Waals surface area contributed by atoms with E-state index in [4.69, 9.17) is 0 Å². The largest absolute Gasteiger partial charge is 0.287 e. The van der Waals surface area contributed by atoms with E-state index >= 15 is 0 Å². The summed E-state index contributed by atoms with van der Waals surface area (Å²) in [5, 5.41) is 0. The van der Waals surface area contributed by atoms with Gasteiger partial charge in [-0.05, 0) is 24.8 Å². The molecule has 0 fully saturated rings. The van der Waals surface area contributed by atoms with Crippen LogP contribution in [0.1, 0.15) is 25.0 Å². The van der Waals surface area contributed by atoms with Crippen molar-refractivity contribution in [3.05, 3.63) is 41.7 Å². The number of carbonyl (C=O) groups is 1. The van der Waals surface area contributed by atoms with Gasteiger partial charge in [-0.1, -0.05) is 12.1 Å². The normalized spacial score (nSPS) is 15.1. The van der Waals surface area contributed by atoms with Crippen LogP contribution >= 0.6 is 0 Å². The Bertz CT molecular complexity index is 407. The molecule has 15 heavy (non-hydrogen) atoms. The molecule has 1 aromatic heterocycles. The molecule has 2 heteroatoms. The van der Waals surface area contributed by atoms with Crippen LogP contribution in [-0.4, -0.2) is 5.78 Å². The fraction of sp³-hybridized carbons (Fsp3) is 0.385. The number of hydrogen-bond acceptors (Lipinski definition) is 1. The monoisotopic (exact) mass is 202 g/mol. The Morgan fingerprint density at radius 3 is 3.00 bits per heavy atom. The Labute approximate surface area is 90.2 Å². The summed E-state index contributed by atoms with van der Waals surface area (Å²) in [5.41, 5.74) is 2.15. The zero-order chi connectivity index (χ0) is 10.7. The molecule has 0 atom stereocenters. The quantitative estimate of drug-likeness (QED) is 0.686. The Hall–Kier alpha value is -1.44. The van der Waals surface area contributed by atoms with E-state index in [1.165, 1.54) is 0 Å². The molecule has 0 N–H and O–H groups in total. The van der Waals surface area contributed by atoms with Crippen LogP contribution in [-0.2, 0) is 11.3 Å². The summed E-state index contributed by atoms with van der Waals surface area (Å²) in [6.07, 6.45) is 7.22. The van der Waals surface area contributed by atoms with E-state index in [2.05, 4.69) is 6.08 Å². The third kappa shape index (κ3) is 2.32. The Morgan fingerprint density at radius 1 is 1.47 bits per heavy atom. The van der Waals surface area contributed by atoms with Crippen LogP contribution in [0.3, 0.4) is 0 Å². The van der Waals surface area contributed by atoms with Crippen molar-refractivity contribution in [2.45, 2.75) is 32.7 Å². The predicted octanol–water partition coefficient (Wildman–Crippen LogP) is 1.96. The highest BCUT2D eigenvalue weighted by Gasteiger charge is 2.18. The van der Waals surface area contributed by atoms with Gasteiger partial charge in [0.05, 0.1) is 0 Å². The second-order valence-electron chi connectivity index (χ2n) is 4.01. The molecular formula is C13H16NO+. The highest BCUT2D eigenvalue weighted by Crippen LogP contribution is 2.18. The van der Waals surface area contributed by atoms with E-state index in [1.807, 2.05) is 35.9 Å². The molecule has 1 heterocycles. The highest BCUT2D eigenvalue weighted by molar-refractivity contribution is 5.94. The zero-order valence-electron chi connectivity index (χ0n) is 9.07. The van der Waals surface area contributed by atoms with Gasteiger partial charge in [-0.25, -0.2) is 0 Å². The fourth-order valence-electron chi connectivity index (χ4n) is 1.92. The number of carbonyl (C=O) groups excluding carboxylic acids is 1. The second kappa shape index (κ2) is 4.39. The summed E-state index contributed by atoms with van der Waals surface area (Å²) in [6, 6.07) is 5.98. The minimum Gasteiger partial charge on any atom is -0.287 e. The second-order valence-corrected chi connectivity index (χ2v) is 4.01. The van der Waals surface area contributed by atoms with Gasteiger partial charge >= 0.3 is 0 Å². The molecule has 0 aliphatic heterocycles. The van der Waals surface area contributed by atoms with Gasteiger partial charge in [0.15, 0.2) is 11.9 Å². The molecule has 2 rings (SSSR count). The molecule has 78 valence electrons. The lowest BCUT2D eigenvalue weighted by atomic mass is 10.1. The van der Waals surface area contributed by atoms with Crippen molar-refractivity contribution in [3.63, 3.8) is 0 Å². The summed E-state index contributed by atoms with van der Waals surface area (Å²) < 4.78 is 2.00. The van der Waals surface area contributed by atoms with E-state index in [1.54, 1.807) is 0 Å². The highest BCUT2D eigenvalue weighted by atomic mass is 16.1. The lowest BCUT2D eigenvalue weighted by Gasteiger charge is -2.00. The van der Waals surface area contributed by atoms with E-state index < -0.39 is 0 Å². The van der Waals surface area contributed by atoms with E-state index in [9.17, 15) is 4.79 Å². The minimum absolute atomic E-state index is 0.270. The molecule has 0 aromatic carbocycles. The van der Waals surface area contributed by atoms with Crippen LogP contribution in [0.5, 0.6) is 0 Å². The number of pyridine rings is 1. The fourth-order valence-corrected chi connectivity index (χ4v) is 1.92. The van der Waals surface area contributed by atoms with Crippen molar-refractivity contribution >= 4 is 5.78 Å². The number of aryl methyl sites for hydroxylation is 1. The first-order valence-electron chi connectivity index (χ1n) is 5.44. The van der Waals surface area contributed by atoms with Crippen molar-refractivity contribution in [1.29, 1.82) is 0 Å². The van der Waals surface area contributed by atoms with Gasteiger partial charge in [-0.3, -0.25) is 4.79 Å². The number of nitrogens with zero attached hydrogens (tertiary/aromatic N) is 1. The summed E-state index contributed by atoms with van der Waals surface area (Å²) >= 11 is 0. The molecule has 0 amide bonds.